The van der Waals surface area contributed by atoms with Gasteiger partial charge in [0, 0.05) is 31.6 Å². The summed E-state index contributed by atoms with van der Waals surface area (Å²) in [6, 6.07) is 7.57. The minimum Gasteiger partial charge on any atom is -0.352 e. The molecule has 0 saturated carbocycles. The third kappa shape index (κ3) is 4.59. The third-order valence-corrected chi connectivity index (χ3v) is 3.80. The standard InChI is InChI=1S/C17H24N2O2/c1-2-3-4-10-18-17(21)15-8-5-7-14(12-15)13-19-11-6-9-16(19)20/h5,7-8,12H,2-4,6,9-11,13H2,1H3,(H,18,21). The maximum atomic E-state index is 12.1. The van der Waals surface area contributed by atoms with Gasteiger partial charge in [0.1, 0.15) is 0 Å². The van der Waals surface area contributed by atoms with Crippen LogP contribution >= 0.6 is 0 Å². The molecule has 0 bridgehead atoms. The molecule has 21 heavy (non-hydrogen) atoms. The van der Waals surface area contributed by atoms with Crippen LogP contribution in [-0.4, -0.2) is 29.8 Å². The molecule has 0 aromatic heterocycles. The van der Waals surface area contributed by atoms with Gasteiger partial charge in [-0.2, -0.15) is 0 Å². The first-order valence-electron chi connectivity index (χ1n) is 7.85. The second-order valence-corrected chi connectivity index (χ2v) is 5.58. The first-order valence-corrected chi connectivity index (χ1v) is 7.85. The molecule has 1 aromatic rings. The Hall–Kier alpha value is -1.84. The Morgan fingerprint density at radius 3 is 2.90 bits per heavy atom. The molecule has 1 fully saturated rings. The first-order chi connectivity index (χ1) is 10.2. The van der Waals surface area contributed by atoms with Crippen molar-refractivity contribution in [2.24, 2.45) is 0 Å². The van der Waals surface area contributed by atoms with Gasteiger partial charge in [0.15, 0.2) is 0 Å². The van der Waals surface area contributed by atoms with E-state index in [1.165, 1.54) is 0 Å². The lowest BCUT2D eigenvalue weighted by atomic mass is 10.1. The molecule has 114 valence electrons. The fraction of sp³-hybridized carbons (Fsp3) is 0.529. The molecule has 1 aliphatic rings. The Morgan fingerprint density at radius 1 is 1.33 bits per heavy atom. The highest BCUT2D eigenvalue weighted by atomic mass is 16.2. The Morgan fingerprint density at radius 2 is 2.19 bits per heavy atom. The van der Waals surface area contributed by atoms with Crippen LogP contribution in [0.5, 0.6) is 0 Å². The molecule has 2 amide bonds. The summed E-state index contributed by atoms with van der Waals surface area (Å²) in [6.45, 7) is 4.30. The molecular weight excluding hydrogens is 264 g/mol. The Labute approximate surface area is 126 Å². The van der Waals surface area contributed by atoms with E-state index in [0.29, 0.717) is 18.5 Å². The second-order valence-electron chi connectivity index (χ2n) is 5.58. The summed E-state index contributed by atoms with van der Waals surface area (Å²) in [5.74, 6) is 0.185. The van der Waals surface area contributed by atoms with E-state index in [9.17, 15) is 9.59 Å². The van der Waals surface area contributed by atoms with Crippen molar-refractivity contribution in [3.63, 3.8) is 0 Å². The molecule has 0 spiro atoms. The molecule has 4 nitrogen and oxygen atoms in total. The minimum atomic E-state index is -0.0271. The van der Waals surface area contributed by atoms with Crippen LogP contribution in [0, 0.1) is 0 Å². The van der Waals surface area contributed by atoms with Gasteiger partial charge in [-0.15, -0.1) is 0 Å². The van der Waals surface area contributed by atoms with E-state index >= 15 is 0 Å². The molecule has 1 aliphatic heterocycles. The summed E-state index contributed by atoms with van der Waals surface area (Å²) >= 11 is 0. The lowest BCUT2D eigenvalue weighted by Gasteiger charge is -2.16. The number of carbonyl (C=O) groups is 2. The van der Waals surface area contributed by atoms with Crippen molar-refractivity contribution >= 4 is 11.8 Å². The van der Waals surface area contributed by atoms with Crippen molar-refractivity contribution in [2.45, 2.75) is 45.6 Å². The zero-order valence-electron chi connectivity index (χ0n) is 12.7. The van der Waals surface area contributed by atoms with E-state index in [0.717, 1.165) is 44.3 Å². The molecule has 1 N–H and O–H groups in total. The number of nitrogens with zero attached hydrogens (tertiary/aromatic N) is 1. The van der Waals surface area contributed by atoms with Crippen molar-refractivity contribution < 1.29 is 9.59 Å². The van der Waals surface area contributed by atoms with Crippen LogP contribution in [0.3, 0.4) is 0 Å². The van der Waals surface area contributed by atoms with Gasteiger partial charge in [0.25, 0.3) is 5.91 Å². The van der Waals surface area contributed by atoms with Crippen molar-refractivity contribution in [2.75, 3.05) is 13.1 Å². The smallest absolute Gasteiger partial charge is 0.251 e. The summed E-state index contributed by atoms with van der Waals surface area (Å²) in [7, 11) is 0. The van der Waals surface area contributed by atoms with E-state index in [2.05, 4.69) is 12.2 Å². The molecule has 2 rings (SSSR count). The van der Waals surface area contributed by atoms with E-state index in [-0.39, 0.29) is 11.8 Å². The van der Waals surface area contributed by atoms with Gasteiger partial charge in [-0.05, 0) is 30.5 Å². The summed E-state index contributed by atoms with van der Waals surface area (Å²) in [4.78, 5) is 25.6. The third-order valence-electron chi connectivity index (χ3n) is 3.80. The Kier molecular flexibility index (Phi) is 5.78. The zero-order chi connectivity index (χ0) is 15.1. The van der Waals surface area contributed by atoms with E-state index < -0.39 is 0 Å². The van der Waals surface area contributed by atoms with Gasteiger partial charge in [-0.3, -0.25) is 9.59 Å². The van der Waals surface area contributed by atoms with Crippen LogP contribution in [0.25, 0.3) is 0 Å². The summed E-state index contributed by atoms with van der Waals surface area (Å²) in [6.07, 6.45) is 4.89. The number of amides is 2. The van der Waals surface area contributed by atoms with E-state index in [4.69, 9.17) is 0 Å². The van der Waals surface area contributed by atoms with E-state index in [1.54, 1.807) is 0 Å². The number of hydrogen-bond acceptors (Lipinski definition) is 2. The van der Waals surface area contributed by atoms with Crippen LogP contribution in [0.2, 0.25) is 0 Å². The molecule has 4 heteroatoms. The molecule has 0 atom stereocenters. The molecule has 1 saturated heterocycles. The van der Waals surface area contributed by atoms with Gasteiger partial charge in [-0.1, -0.05) is 31.9 Å². The van der Waals surface area contributed by atoms with Crippen molar-refractivity contribution in [1.29, 1.82) is 0 Å². The molecule has 0 radical (unpaired) electrons. The highest BCUT2D eigenvalue weighted by molar-refractivity contribution is 5.94. The maximum Gasteiger partial charge on any atom is 0.251 e. The zero-order valence-corrected chi connectivity index (χ0v) is 12.7. The lowest BCUT2D eigenvalue weighted by Crippen LogP contribution is -2.26. The predicted molar refractivity (Wildman–Crippen MR) is 83.0 cm³/mol. The summed E-state index contributed by atoms with van der Waals surface area (Å²) < 4.78 is 0. The van der Waals surface area contributed by atoms with E-state index in [1.807, 2.05) is 29.2 Å². The monoisotopic (exact) mass is 288 g/mol. The Balaban J connectivity index is 1.90. The van der Waals surface area contributed by atoms with Crippen LogP contribution < -0.4 is 5.32 Å². The largest absolute Gasteiger partial charge is 0.352 e. The fourth-order valence-corrected chi connectivity index (χ4v) is 2.58. The number of hydrogen-bond donors (Lipinski definition) is 1. The average Bonchev–Trinajstić information content (AvgIpc) is 2.89. The number of rotatable bonds is 7. The predicted octanol–water partition coefficient (Wildman–Crippen LogP) is 2.73. The summed E-state index contributed by atoms with van der Waals surface area (Å²) in [5.41, 5.74) is 1.70. The van der Waals surface area contributed by atoms with Gasteiger partial charge in [0.2, 0.25) is 5.91 Å². The lowest BCUT2D eigenvalue weighted by molar-refractivity contribution is -0.128. The van der Waals surface area contributed by atoms with Crippen LogP contribution in [0.15, 0.2) is 24.3 Å². The molecule has 1 heterocycles. The normalized spacial score (nSPS) is 14.5. The topological polar surface area (TPSA) is 49.4 Å². The molecular formula is C17H24N2O2. The maximum absolute atomic E-state index is 12.1. The van der Waals surface area contributed by atoms with Gasteiger partial charge in [0.05, 0.1) is 0 Å². The molecule has 0 aliphatic carbocycles. The Bertz CT molecular complexity index is 499. The number of benzene rings is 1. The summed E-state index contributed by atoms with van der Waals surface area (Å²) in [5, 5.41) is 2.94. The fourth-order valence-electron chi connectivity index (χ4n) is 2.58. The van der Waals surface area contributed by atoms with Gasteiger partial charge < -0.3 is 10.2 Å². The van der Waals surface area contributed by atoms with Crippen LogP contribution in [0.1, 0.15) is 54.9 Å². The highest BCUT2D eigenvalue weighted by Gasteiger charge is 2.20. The molecule has 0 unspecified atom stereocenters. The highest BCUT2D eigenvalue weighted by Crippen LogP contribution is 2.15. The second kappa shape index (κ2) is 7.81. The van der Waals surface area contributed by atoms with Crippen molar-refractivity contribution in [3.05, 3.63) is 35.4 Å². The van der Waals surface area contributed by atoms with Crippen LogP contribution in [-0.2, 0) is 11.3 Å². The SMILES string of the molecule is CCCCCNC(=O)c1cccc(CN2CCCC2=O)c1. The van der Waals surface area contributed by atoms with Gasteiger partial charge in [-0.25, -0.2) is 0 Å². The van der Waals surface area contributed by atoms with Crippen molar-refractivity contribution in [3.8, 4) is 0 Å². The number of nitrogens with one attached hydrogen (secondary N) is 1. The minimum absolute atomic E-state index is 0.0271. The quantitative estimate of drug-likeness (QED) is 0.784. The molecule has 1 aromatic carbocycles. The van der Waals surface area contributed by atoms with Gasteiger partial charge >= 0.3 is 0 Å². The number of unbranched alkanes of at least 4 members (excludes halogenated alkanes) is 2. The number of likely N-dealkylation sites (tertiary alicyclic amines) is 1. The first kappa shape index (κ1) is 15.5. The number of carbonyl (C=O) groups excluding carboxylic acids is 2. The van der Waals surface area contributed by atoms with Crippen molar-refractivity contribution in [1.82, 2.24) is 10.2 Å². The van der Waals surface area contributed by atoms with Crippen LogP contribution in [0.4, 0.5) is 0 Å². The average molecular weight is 288 g/mol.